The van der Waals surface area contributed by atoms with Crippen LogP contribution in [0, 0.1) is 0 Å². The highest BCUT2D eigenvalue weighted by Gasteiger charge is 2.19. The molecule has 1 heteroatoms. The summed E-state index contributed by atoms with van der Waals surface area (Å²) in [5, 5.41) is 2.10. The predicted molar refractivity (Wildman–Crippen MR) is 190 cm³/mol. The Morgan fingerprint density at radius 3 is 1.67 bits per heavy atom. The van der Waals surface area contributed by atoms with Crippen molar-refractivity contribution in [2.45, 2.75) is 0 Å². The molecule has 1 nitrogen and oxygen atoms in total. The molecule has 0 aliphatic heterocycles. The molecule has 45 heavy (non-hydrogen) atoms. The zero-order valence-electron chi connectivity index (χ0n) is 39.3. The van der Waals surface area contributed by atoms with Gasteiger partial charge in [0, 0.05) is 10.8 Å². The van der Waals surface area contributed by atoms with Gasteiger partial charge in [-0.25, -0.2) is 0 Å². The number of fused-ring (bicyclic) bond motifs is 5. The highest BCUT2D eigenvalue weighted by atomic mass is 16.3. The SMILES string of the molecule is [2H]c1c([2H])c([2H])c(-c2cccc(-c3c4ccccc4c(-c4c([2H])c([2H])c5c(oc6c([2H])c([2H])c([2H])c(-c7c([2H])c([2H])c([2H])c([2H])c7[2H])c65)c4[2H])c4ccccc34)c2)c([2H])c1[2H]. The van der Waals surface area contributed by atoms with Gasteiger partial charge in [-0.3, -0.25) is 0 Å². The molecule has 0 fully saturated rings. The van der Waals surface area contributed by atoms with Crippen molar-refractivity contribution in [1.29, 1.82) is 0 Å². The average molecular weight is 589 g/mol. The first-order valence-corrected chi connectivity index (χ1v) is 14.1. The molecule has 0 amide bonds. The van der Waals surface area contributed by atoms with Crippen LogP contribution in [-0.4, -0.2) is 0 Å². The molecule has 1 heterocycles. The lowest BCUT2D eigenvalue weighted by Gasteiger charge is -2.18. The van der Waals surface area contributed by atoms with Gasteiger partial charge in [0.25, 0.3) is 0 Å². The number of hydrogen-bond acceptors (Lipinski definition) is 1. The van der Waals surface area contributed by atoms with Crippen LogP contribution in [0.15, 0.2) is 174 Å². The van der Waals surface area contributed by atoms with Crippen molar-refractivity contribution in [3.63, 3.8) is 0 Å². The Bertz CT molecular complexity index is 3330. The number of benzene rings is 8. The quantitative estimate of drug-likeness (QED) is 0.186. The van der Waals surface area contributed by atoms with E-state index in [9.17, 15) is 4.11 Å². The van der Waals surface area contributed by atoms with E-state index in [0.717, 1.165) is 0 Å². The van der Waals surface area contributed by atoms with E-state index < -0.39 is 84.1 Å². The fraction of sp³-hybridized carbons (Fsp3) is 0. The second-order valence-electron chi connectivity index (χ2n) is 10.4. The van der Waals surface area contributed by atoms with Gasteiger partial charge in [-0.2, -0.15) is 0 Å². The molecule has 0 unspecified atom stereocenters. The fourth-order valence-corrected chi connectivity index (χ4v) is 6.07. The van der Waals surface area contributed by atoms with Crippen LogP contribution < -0.4 is 0 Å². The minimum atomic E-state index is -0.698. The van der Waals surface area contributed by atoms with Gasteiger partial charge in [0.05, 0.1) is 21.9 Å². The topological polar surface area (TPSA) is 13.1 Å². The zero-order chi connectivity index (χ0) is 43.7. The molecule has 0 bridgehead atoms. The second-order valence-corrected chi connectivity index (χ2v) is 10.4. The van der Waals surface area contributed by atoms with Gasteiger partial charge in [-0.15, -0.1) is 0 Å². The molecule has 9 rings (SSSR count). The summed E-state index contributed by atoms with van der Waals surface area (Å²) in [4.78, 5) is 0. The molecule has 0 radical (unpaired) electrons. The summed E-state index contributed by atoms with van der Waals surface area (Å²) >= 11 is 0. The van der Waals surface area contributed by atoms with Crippen LogP contribution in [0.25, 0.3) is 88.0 Å². The van der Waals surface area contributed by atoms with Gasteiger partial charge < -0.3 is 4.42 Å². The molecule has 1 aromatic heterocycles. The average Bonchev–Trinajstić information content (AvgIpc) is 3.67. The van der Waals surface area contributed by atoms with Crippen molar-refractivity contribution >= 4 is 43.5 Å². The van der Waals surface area contributed by atoms with Crippen LogP contribution in [0.5, 0.6) is 0 Å². The Hall–Kier alpha value is -5.92. The number of rotatable bonds is 4. The molecule has 9 aromatic rings. The monoisotopic (exact) mass is 588 g/mol. The van der Waals surface area contributed by atoms with E-state index in [1.807, 2.05) is 42.5 Å². The molecule has 0 saturated carbocycles. The van der Waals surface area contributed by atoms with Gasteiger partial charge in [0.2, 0.25) is 0 Å². The first-order chi connectivity index (χ1) is 29.0. The molecule has 0 N–H and O–H groups in total. The smallest absolute Gasteiger partial charge is 0.136 e. The Labute approximate surface area is 284 Å². The van der Waals surface area contributed by atoms with Gasteiger partial charge in [-0.1, -0.05) is 145 Å². The first kappa shape index (κ1) is 14.2. The van der Waals surface area contributed by atoms with Crippen LogP contribution >= 0.6 is 0 Å². The normalized spacial score (nSPS) is 16.5. The van der Waals surface area contributed by atoms with Gasteiger partial charge in [0.15, 0.2) is 0 Å². The summed E-state index contributed by atoms with van der Waals surface area (Å²) in [6.45, 7) is 0. The molecular formula is C44H28O. The first-order valence-electron chi connectivity index (χ1n) is 22.1. The molecule has 0 saturated heterocycles. The summed E-state index contributed by atoms with van der Waals surface area (Å²) < 4.78 is 145. The lowest BCUT2D eigenvalue weighted by Crippen LogP contribution is -1.91. The third kappa shape index (κ3) is 4.17. The van der Waals surface area contributed by atoms with E-state index >= 15 is 0 Å². The van der Waals surface area contributed by atoms with Crippen molar-refractivity contribution in [2.75, 3.05) is 0 Å². The summed E-state index contributed by atoms with van der Waals surface area (Å²) in [6.07, 6.45) is 0. The standard InChI is InChI=1S/C44H28O/c1-3-13-29(14-4-1)31-17-11-18-32(27-31)42-35-19-7-9-21-37(35)43(38-22-10-8-20-36(38)42)33-25-26-39-41(28-33)45-40-24-12-23-34(44(39)40)30-15-5-2-6-16-30/h1-28H/i1D,2D,3D,4D,5D,6D,12D,13D,14D,15D,16D,23D,24D,25D,26D,28D. The van der Waals surface area contributed by atoms with Crippen molar-refractivity contribution in [3.05, 3.63) is 169 Å². The Morgan fingerprint density at radius 1 is 0.400 bits per heavy atom. The van der Waals surface area contributed by atoms with E-state index in [4.69, 9.17) is 22.2 Å². The summed E-state index contributed by atoms with van der Waals surface area (Å²) in [7, 11) is 0. The van der Waals surface area contributed by atoms with E-state index in [-0.39, 0.29) is 56.8 Å². The number of furan rings is 1. The van der Waals surface area contributed by atoms with Crippen LogP contribution in [0.2, 0.25) is 0 Å². The Balaban J connectivity index is 1.37. The minimum Gasteiger partial charge on any atom is -0.456 e. The maximum absolute atomic E-state index is 9.67. The lowest BCUT2D eigenvalue weighted by molar-refractivity contribution is 0.669. The van der Waals surface area contributed by atoms with Gasteiger partial charge in [0.1, 0.15) is 11.2 Å². The second kappa shape index (κ2) is 10.4. The molecule has 8 aromatic carbocycles. The number of hydrogen-bond donors (Lipinski definition) is 0. The minimum absolute atomic E-state index is 0.00327. The van der Waals surface area contributed by atoms with Crippen LogP contribution in [0.1, 0.15) is 21.9 Å². The van der Waals surface area contributed by atoms with Crippen molar-refractivity contribution in [1.82, 2.24) is 0 Å². The van der Waals surface area contributed by atoms with Crippen LogP contribution in [0.4, 0.5) is 0 Å². The summed E-state index contributed by atoms with van der Waals surface area (Å²) in [5.41, 5.74) is 0.797. The van der Waals surface area contributed by atoms with Crippen LogP contribution in [-0.2, 0) is 0 Å². The zero-order valence-corrected chi connectivity index (χ0v) is 23.3. The van der Waals surface area contributed by atoms with Crippen molar-refractivity contribution in [3.8, 4) is 44.5 Å². The molecule has 0 spiro atoms. The van der Waals surface area contributed by atoms with Gasteiger partial charge >= 0.3 is 0 Å². The lowest BCUT2D eigenvalue weighted by atomic mass is 9.85. The predicted octanol–water partition coefficient (Wildman–Crippen LogP) is 12.6. The molecule has 0 aliphatic carbocycles. The fourth-order valence-electron chi connectivity index (χ4n) is 6.07. The molecule has 0 atom stereocenters. The third-order valence-corrected chi connectivity index (χ3v) is 7.94. The highest BCUT2D eigenvalue weighted by Crippen LogP contribution is 2.45. The van der Waals surface area contributed by atoms with E-state index in [0.29, 0.717) is 43.8 Å². The Kier molecular flexibility index (Phi) is 3.28. The van der Waals surface area contributed by atoms with E-state index in [1.165, 1.54) is 0 Å². The molecular weight excluding hydrogens is 544 g/mol. The largest absolute Gasteiger partial charge is 0.456 e. The maximum atomic E-state index is 9.67. The molecule has 210 valence electrons. The maximum Gasteiger partial charge on any atom is 0.136 e. The summed E-state index contributed by atoms with van der Waals surface area (Å²) in [5.74, 6) is 0. The van der Waals surface area contributed by atoms with Crippen molar-refractivity contribution < 1.29 is 26.3 Å². The highest BCUT2D eigenvalue weighted by molar-refractivity contribution is 6.22. The third-order valence-electron chi connectivity index (χ3n) is 7.94. The molecule has 0 aliphatic rings. The van der Waals surface area contributed by atoms with Crippen LogP contribution in [0.3, 0.4) is 0 Å². The van der Waals surface area contributed by atoms with Gasteiger partial charge in [-0.05, 0) is 90.2 Å². The van der Waals surface area contributed by atoms with E-state index in [2.05, 4.69) is 0 Å². The Morgan fingerprint density at radius 2 is 1.00 bits per heavy atom. The summed E-state index contributed by atoms with van der Waals surface area (Å²) in [6, 6.07) is 12.8. The van der Waals surface area contributed by atoms with Crippen molar-refractivity contribution in [2.24, 2.45) is 0 Å². The van der Waals surface area contributed by atoms with E-state index in [1.54, 1.807) is 30.3 Å².